The van der Waals surface area contributed by atoms with Crippen LogP contribution in [-0.4, -0.2) is 25.8 Å². The molecule has 0 aliphatic carbocycles. The summed E-state index contributed by atoms with van der Waals surface area (Å²) >= 11 is 1.64. The Bertz CT molecular complexity index is 269. The highest BCUT2D eigenvalue weighted by Crippen LogP contribution is 2.08. The molecule has 0 bridgehead atoms. The van der Waals surface area contributed by atoms with Crippen LogP contribution in [0.15, 0.2) is 16.8 Å². The Morgan fingerprint density at radius 3 is 3.00 bits per heavy atom. The molecule has 0 aliphatic heterocycles. The minimum atomic E-state index is -0.152. The number of esters is 1. The molecular formula is C11H16O3S. The Hall–Kier alpha value is -0.870. The van der Waals surface area contributed by atoms with Gasteiger partial charge in [0.05, 0.1) is 6.61 Å². The van der Waals surface area contributed by atoms with Gasteiger partial charge in [0, 0.05) is 13.0 Å². The van der Waals surface area contributed by atoms with Crippen LogP contribution in [0.25, 0.3) is 0 Å². The van der Waals surface area contributed by atoms with E-state index in [0.717, 1.165) is 6.42 Å². The quantitative estimate of drug-likeness (QED) is 0.530. The monoisotopic (exact) mass is 228 g/mol. The first-order valence-corrected chi connectivity index (χ1v) is 6.01. The Morgan fingerprint density at radius 2 is 2.33 bits per heavy atom. The van der Waals surface area contributed by atoms with Crippen molar-refractivity contribution in [2.75, 3.05) is 19.8 Å². The van der Waals surface area contributed by atoms with Gasteiger partial charge in [-0.05, 0) is 35.7 Å². The average molecular weight is 228 g/mol. The molecule has 4 heteroatoms. The molecule has 0 amide bonds. The van der Waals surface area contributed by atoms with Crippen LogP contribution in [0.5, 0.6) is 0 Å². The summed E-state index contributed by atoms with van der Waals surface area (Å²) in [5, 5.41) is 4.06. The zero-order valence-electron chi connectivity index (χ0n) is 8.90. The van der Waals surface area contributed by atoms with Crippen molar-refractivity contribution in [3.05, 3.63) is 22.4 Å². The lowest BCUT2D eigenvalue weighted by atomic mass is 10.2. The zero-order valence-corrected chi connectivity index (χ0v) is 9.72. The number of carbonyl (C=O) groups excluding carboxylic acids is 1. The molecule has 1 heterocycles. The van der Waals surface area contributed by atoms with Crippen LogP contribution in [0.4, 0.5) is 0 Å². The third-order valence-electron chi connectivity index (χ3n) is 1.89. The van der Waals surface area contributed by atoms with Crippen LogP contribution in [0.2, 0.25) is 0 Å². The predicted octanol–water partition coefficient (Wildman–Crippen LogP) is 2.26. The highest BCUT2D eigenvalue weighted by Gasteiger charge is 2.03. The normalized spacial score (nSPS) is 10.2. The van der Waals surface area contributed by atoms with E-state index < -0.39 is 0 Å². The molecule has 0 aliphatic rings. The van der Waals surface area contributed by atoms with E-state index in [0.29, 0.717) is 26.2 Å². The third-order valence-corrected chi connectivity index (χ3v) is 2.62. The van der Waals surface area contributed by atoms with Gasteiger partial charge in [-0.2, -0.15) is 11.3 Å². The van der Waals surface area contributed by atoms with Gasteiger partial charge in [-0.3, -0.25) is 4.79 Å². The summed E-state index contributed by atoms with van der Waals surface area (Å²) in [6.45, 7) is 3.42. The standard InChI is InChI=1S/C11H16O3S/c1-2-13-6-7-14-11(12)4-3-10-5-8-15-9-10/h5,8-9H,2-4,6-7H2,1H3. The van der Waals surface area contributed by atoms with Crippen molar-refractivity contribution in [3.63, 3.8) is 0 Å². The number of carbonyl (C=O) groups is 1. The Labute approximate surface area is 94.0 Å². The van der Waals surface area contributed by atoms with Crippen LogP contribution in [-0.2, 0) is 20.7 Å². The fourth-order valence-electron chi connectivity index (χ4n) is 1.11. The number of hydrogen-bond acceptors (Lipinski definition) is 4. The second-order valence-corrected chi connectivity index (χ2v) is 3.83. The maximum absolute atomic E-state index is 11.2. The van der Waals surface area contributed by atoms with Gasteiger partial charge in [0.15, 0.2) is 0 Å². The molecule has 1 aromatic heterocycles. The average Bonchev–Trinajstić information content (AvgIpc) is 2.74. The number of hydrogen-bond donors (Lipinski definition) is 0. The molecule has 0 spiro atoms. The van der Waals surface area contributed by atoms with Gasteiger partial charge < -0.3 is 9.47 Å². The molecular weight excluding hydrogens is 212 g/mol. The van der Waals surface area contributed by atoms with Crippen LogP contribution in [0.1, 0.15) is 18.9 Å². The van der Waals surface area contributed by atoms with Crippen molar-refractivity contribution in [3.8, 4) is 0 Å². The third kappa shape index (κ3) is 5.54. The Kier molecular flexibility index (Phi) is 6.04. The summed E-state index contributed by atoms with van der Waals surface area (Å²) < 4.78 is 10.0. The van der Waals surface area contributed by atoms with Gasteiger partial charge in [0.25, 0.3) is 0 Å². The molecule has 3 nitrogen and oxygen atoms in total. The largest absolute Gasteiger partial charge is 0.463 e. The topological polar surface area (TPSA) is 35.5 Å². The summed E-state index contributed by atoms with van der Waals surface area (Å²) in [4.78, 5) is 11.2. The lowest BCUT2D eigenvalue weighted by Crippen LogP contribution is -2.11. The van der Waals surface area contributed by atoms with Crippen molar-refractivity contribution in [2.24, 2.45) is 0 Å². The predicted molar refractivity (Wildman–Crippen MR) is 60.1 cm³/mol. The maximum atomic E-state index is 11.2. The van der Waals surface area contributed by atoms with Crippen LogP contribution >= 0.6 is 11.3 Å². The fourth-order valence-corrected chi connectivity index (χ4v) is 1.82. The molecule has 0 aromatic carbocycles. The molecule has 1 aromatic rings. The van der Waals surface area contributed by atoms with Gasteiger partial charge in [-0.1, -0.05) is 0 Å². The van der Waals surface area contributed by atoms with E-state index in [1.54, 1.807) is 11.3 Å². The van der Waals surface area contributed by atoms with Crippen LogP contribution in [0, 0.1) is 0 Å². The van der Waals surface area contributed by atoms with Gasteiger partial charge in [-0.15, -0.1) is 0 Å². The second-order valence-electron chi connectivity index (χ2n) is 3.05. The van der Waals surface area contributed by atoms with E-state index in [9.17, 15) is 4.79 Å². The molecule has 15 heavy (non-hydrogen) atoms. The number of ether oxygens (including phenoxy) is 2. The van der Waals surface area contributed by atoms with Gasteiger partial charge in [0.1, 0.15) is 6.61 Å². The fraction of sp³-hybridized carbons (Fsp3) is 0.545. The molecule has 0 N–H and O–H groups in total. The summed E-state index contributed by atoms with van der Waals surface area (Å²) in [5.41, 5.74) is 1.20. The first-order valence-electron chi connectivity index (χ1n) is 5.07. The van der Waals surface area contributed by atoms with Gasteiger partial charge in [-0.25, -0.2) is 0 Å². The molecule has 0 atom stereocenters. The number of rotatable bonds is 7. The minimum Gasteiger partial charge on any atom is -0.463 e. The van der Waals surface area contributed by atoms with E-state index in [1.165, 1.54) is 5.56 Å². The van der Waals surface area contributed by atoms with E-state index in [-0.39, 0.29) is 5.97 Å². The van der Waals surface area contributed by atoms with Crippen molar-refractivity contribution in [2.45, 2.75) is 19.8 Å². The highest BCUT2D eigenvalue weighted by molar-refractivity contribution is 7.07. The lowest BCUT2D eigenvalue weighted by Gasteiger charge is -2.03. The maximum Gasteiger partial charge on any atom is 0.306 e. The first kappa shape index (κ1) is 12.2. The lowest BCUT2D eigenvalue weighted by molar-refractivity contribution is -0.145. The molecule has 0 fully saturated rings. The minimum absolute atomic E-state index is 0.152. The number of aryl methyl sites for hydroxylation is 1. The highest BCUT2D eigenvalue weighted by atomic mass is 32.1. The molecule has 0 saturated carbocycles. The molecule has 0 saturated heterocycles. The van der Waals surface area contributed by atoms with Crippen molar-refractivity contribution < 1.29 is 14.3 Å². The van der Waals surface area contributed by atoms with Crippen LogP contribution < -0.4 is 0 Å². The molecule has 0 radical (unpaired) electrons. The van der Waals surface area contributed by atoms with E-state index in [2.05, 4.69) is 0 Å². The van der Waals surface area contributed by atoms with Crippen molar-refractivity contribution >= 4 is 17.3 Å². The first-order chi connectivity index (χ1) is 7.33. The van der Waals surface area contributed by atoms with Gasteiger partial charge in [0.2, 0.25) is 0 Å². The summed E-state index contributed by atoms with van der Waals surface area (Å²) in [6.07, 6.45) is 1.21. The SMILES string of the molecule is CCOCCOC(=O)CCc1ccsc1. The van der Waals surface area contributed by atoms with E-state index in [1.807, 2.05) is 23.8 Å². The van der Waals surface area contributed by atoms with E-state index in [4.69, 9.17) is 9.47 Å². The zero-order chi connectivity index (χ0) is 10.9. The molecule has 84 valence electrons. The Balaban J connectivity index is 2.04. The number of thiophene rings is 1. The van der Waals surface area contributed by atoms with Gasteiger partial charge >= 0.3 is 5.97 Å². The Morgan fingerprint density at radius 1 is 1.47 bits per heavy atom. The summed E-state index contributed by atoms with van der Waals surface area (Å²) in [7, 11) is 0. The van der Waals surface area contributed by atoms with Crippen molar-refractivity contribution in [1.29, 1.82) is 0 Å². The van der Waals surface area contributed by atoms with E-state index >= 15 is 0 Å². The van der Waals surface area contributed by atoms with Crippen molar-refractivity contribution in [1.82, 2.24) is 0 Å². The smallest absolute Gasteiger partial charge is 0.306 e. The summed E-state index contributed by atoms with van der Waals surface area (Å²) in [6, 6.07) is 2.03. The second kappa shape index (κ2) is 7.43. The summed E-state index contributed by atoms with van der Waals surface area (Å²) in [5.74, 6) is -0.152. The van der Waals surface area contributed by atoms with Crippen LogP contribution in [0.3, 0.4) is 0 Å². The molecule has 1 rings (SSSR count). The molecule has 0 unspecified atom stereocenters.